The SMILES string of the molecule is CSCCNc1nccc(C(=O)O)n1. The lowest BCUT2D eigenvalue weighted by atomic mass is 10.4. The van der Waals surface area contributed by atoms with Gasteiger partial charge in [-0.05, 0) is 12.3 Å². The topological polar surface area (TPSA) is 75.1 Å². The van der Waals surface area contributed by atoms with Gasteiger partial charge in [-0.2, -0.15) is 11.8 Å². The molecular formula is C8H11N3O2S. The van der Waals surface area contributed by atoms with Gasteiger partial charge in [0.2, 0.25) is 5.95 Å². The van der Waals surface area contributed by atoms with E-state index in [1.807, 2.05) is 6.26 Å². The van der Waals surface area contributed by atoms with Crippen LogP contribution in [0.25, 0.3) is 0 Å². The Kier molecular flexibility index (Phi) is 4.18. The molecule has 0 atom stereocenters. The molecule has 76 valence electrons. The minimum atomic E-state index is -1.04. The molecule has 0 aliphatic heterocycles. The average molecular weight is 213 g/mol. The number of nitrogens with zero attached hydrogens (tertiary/aromatic N) is 2. The van der Waals surface area contributed by atoms with Gasteiger partial charge in [0.1, 0.15) is 0 Å². The van der Waals surface area contributed by atoms with E-state index in [0.29, 0.717) is 5.95 Å². The molecule has 1 aromatic heterocycles. The fraction of sp³-hybridized carbons (Fsp3) is 0.375. The zero-order valence-corrected chi connectivity index (χ0v) is 8.54. The van der Waals surface area contributed by atoms with Gasteiger partial charge < -0.3 is 10.4 Å². The number of nitrogens with one attached hydrogen (secondary N) is 1. The monoisotopic (exact) mass is 213 g/mol. The summed E-state index contributed by atoms with van der Waals surface area (Å²) in [4.78, 5) is 18.3. The first kappa shape index (κ1) is 10.8. The van der Waals surface area contributed by atoms with Crippen LogP contribution < -0.4 is 5.32 Å². The van der Waals surface area contributed by atoms with Crippen molar-refractivity contribution >= 4 is 23.7 Å². The first-order chi connectivity index (χ1) is 6.74. The molecule has 1 rings (SSSR count). The second-order valence-electron chi connectivity index (χ2n) is 2.49. The van der Waals surface area contributed by atoms with Crippen LogP contribution >= 0.6 is 11.8 Å². The van der Waals surface area contributed by atoms with Crippen LogP contribution in [0.4, 0.5) is 5.95 Å². The van der Waals surface area contributed by atoms with Gasteiger partial charge in [0.05, 0.1) is 0 Å². The number of carbonyl (C=O) groups is 1. The molecule has 0 amide bonds. The summed E-state index contributed by atoms with van der Waals surface area (Å²) in [6.07, 6.45) is 3.42. The largest absolute Gasteiger partial charge is 0.477 e. The molecule has 0 saturated heterocycles. The molecule has 0 bridgehead atoms. The highest BCUT2D eigenvalue weighted by molar-refractivity contribution is 7.98. The van der Waals surface area contributed by atoms with Crippen molar-refractivity contribution in [3.63, 3.8) is 0 Å². The summed E-state index contributed by atoms with van der Waals surface area (Å²) in [6, 6.07) is 1.36. The molecule has 0 aliphatic carbocycles. The lowest BCUT2D eigenvalue weighted by Gasteiger charge is -2.02. The molecule has 0 unspecified atom stereocenters. The van der Waals surface area contributed by atoms with Crippen molar-refractivity contribution < 1.29 is 9.90 Å². The molecule has 1 heterocycles. The number of aromatic nitrogens is 2. The van der Waals surface area contributed by atoms with Crippen LogP contribution in [-0.4, -0.2) is 39.6 Å². The Bertz CT molecular complexity index is 319. The van der Waals surface area contributed by atoms with E-state index in [2.05, 4.69) is 15.3 Å². The molecule has 14 heavy (non-hydrogen) atoms. The molecule has 0 aromatic carbocycles. The second-order valence-corrected chi connectivity index (χ2v) is 3.48. The molecule has 0 aliphatic rings. The summed E-state index contributed by atoms with van der Waals surface area (Å²) in [5.41, 5.74) is 0.00616. The molecule has 5 nitrogen and oxygen atoms in total. The minimum Gasteiger partial charge on any atom is -0.477 e. The van der Waals surface area contributed by atoms with Crippen molar-refractivity contribution in [3.05, 3.63) is 18.0 Å². The molecule has 0 spiro atoms. The third-order valence-electron chi connectivity index (χ3n) is 1.46. The maximum Gasteiger partial charge on any atom is 0.354 e. The number of thioether (sulfide) groups is 1. The first-order valence-corrected chi connectivity index (χ1v) is 5.42. The van der Waals surface area contributed by atoms with Gasteiger partial charge in [-0.1, -0.05) is 0 Å². The predicted octanol–water partition coefficient (Wildman–Crippen LogP) is 0.950. The molecule has 2 N–H and O–H groups in total. The average Bonchev–Trinajstić information content (AvgIpc) is 2.19. The number of hydrogen-bond acceptors (Lipinski definition) is 5. The van der Waals surface area contributed by atoms with E-state index in [1.54, 1.807) is 11.8 Å². The van der Waals surface area contributed by atoms with Crippen molar-refractivity contribution in [1.29, 1.82) is 0 Å². The van der Waals surface area contributed by atoms with E-state index in [0.717, 1.165) is 12.3 Å². The summed E-state index contributed by atoms with van der Waals surface area (Å²) < 4.78 is 0. The number of carboxylic acid groups (broad SMARTS) is 1. The van der Waals surface area contributed by atoms with E-state index >= 15 is 0 Å². The van der Waals surface area contributed by atoms with Gasteiger partial charge in [-0.3, -0.25) is 0 Å². The van der Waals surface area contributed by atoms with Crippen molar-refractivity contribution in [2.75, 3.05) is 23.9 Å². The lowest BCUT2D eigenvalue weighted by Crippen LogP contribution is -2.09. The fourth-order valence-electron chi connectivity index (χ4n) is 0.828. The van der Waals surface area contributed by atoms with Gasteiger partial charge in [-0.15, -0.1) is 0 Å². The smallest absolute Gasteiger partial charge is 0.354 e. The van der Waals surface area contributed by atoms with Gasteiger partial charge in [0.15, 0.2) is 5.69 Å². The quantitative estimate of drug-likeness (QED) is 0.709. The van der Waals surface area contributed by atoms with Crippen LogP contribution in [0.3, 0.4) is 0 Å². The van der Waals surface area contributed by atoms with Crippen LogP contribution in [0.5, 0.6) is 0 Å². The van der Waals surface area contributed by atoms with Crippen molar-refractivity contribution in [1.82, 2.24) is 9.97 Å². The van der Waals surface area contributed by atoms with Crippen LogP contribution in [0.1, 0.15) is 10.5 Å². The number of aromatic carboxylic acids is 1. The zero-order chi connectivity index (χ0) is 10.4. The summed E-state index contributed by atoms with van der Waals surface area (Å²) in [6.45, 7) is 0.726. The van der Waals surface area contributed by atoms with Gasteiger partial charge in [0.25, 0.3) is 0 Å². The standard InChI is InChI=1S/C8H11N3O2S/c1-14-5-4-10-8-9-3-2-6(11-8)7(12)13/h2-3H,4-5H2,1H3,(H,12,13)(H,9,10,11). The van der Waals surface area contributed by atoms with Crippen LogP contribution in [0.15, 0.2) is 12.3 Å². The number of rotatable bonds is 5. The third-order valence-corrected chi connectivity index (χ3v) is 2.08. The number of hydrogen-bond donors (Lipinski definition) is 2. The Labute approximate surface area is 86.0 Å². The molecule has 0 saturated carbocycles. The predicted molar refractivity (Wildman–Crippen MR) is 55.9 cm³/mol. The van der Waals surface area contributed by atoms with E-state index in [9.17, 15) is 4.79 Å². The van der Waals surface area contributed by atoms with E-state index in [4.69, 9.17) is 5.11 Å². The Morgan fingerprint density at radius 2 is 2.50 bits per heavy atom. The van der Waals surface area contributed by atoms with Crippen LogP contribution in [0, 0.1) is 0 Å². The van der Waals surface area contributed by atoms with Crippen LogP contribution in [0.2, 0.25) is 0 Å². The van der Waals surface area contributed by atoms with E-state index in [1.165, 1.54) is 12.3 Å². The maximum absolute atomic E-state index is 10.6. The van der Waals surface area contributed by atoms with Crippen molar-refractivity contribution in [3.8, 4) is 0 Å². The Morgan fingerprint density at radius 3 is 3.14 bits per heavy atom. The Hall–Kier alpha value is -1.30. The summed E-state index contributed by atoms with van der Waals surface area (Å²) in [5.74, 6) is 0.250. The fourth-order valence-corrected chi connectivity index (χ4v) is 1.13. The maximum atomic E-state index is 10.6. The third kappa shape index (κ3) is 3.21. The van der Waals surface area contributed by atoms with E-state index in [-0.39, 0.29) is 5.69 Å². The van der Waals surface area contributed by atoms with E-state index < -0.39 is 5.97 Å². The van der Waals surface area contributed by atoms with Crippen molar-refractivity contribution in [2.24, 2.45) is 0 Å². The summed E-state index contributed by atoms with van der Waals surface area (Å²) in [7, 11) is 0. The minimum absolute atomic E-state index is 0.00616. The highest BCUT2D eigenvalue weighted by atomic mass is 32.2. The second kappa shape index (κ2) is 5.43. The number of carboxylic acids is 1. The van der Waals surface area contributed by atoms with Crippen molar-refractivity contribution in [2.45, 2.75) is 0 Å². The molecule has 0 fully saturated rings. The van der Waals surface area contributed by atoms with Crippen LogP contribution in [-0.2, 0) is 0 Å². The first-order valence-electron chi connectivity index (χ1n) is 4.03. The highest BCUT2D eigenvalue weighted by Gasteiger charge is 2.04. The molecule has 0 radical (unpaired) electrons. The van der Waals surface area contributed by atoms with Gasteiger partial charge in [0, 0.05) is 18.5 Å². The van der Waals surface area contributed by atoms with Gasteiger partial charge in [-0.25, -0.2) is 14.8 Å². The molecular weight excluding hydrogens is 202 g/mol. The molecule has 6 heteroatoms. The number of anilines is 1. The summed E-state index contributed by atoms with van der Waals surface area (Å²) >= 11 is 1.70. The highest BCUT2D eigenvalue weighted by Crippen LogP contribution is 2.00. The summed E-state index contributed by atoms with van der Waals surface area (Å²) in [5, 5.41) is 11.6. The van der Waals surface area contributed by atoms with Gasteiger partial charge >= 0.3 is 5.97 Å². The molecule has 1 aromatic rings. The zero-order valence-electron chi connectivity index (χ0n) is 7.73. The Morgan fingerprint density at radius 1 is 1.71 bits per heavy atom. The Balaban J connectivity index is 2.59. The lowest BCUT2D eigenvalue weighted by molar-refractivity contribution is 0.0690. The normalized spacial score (nSPS) is 9.79.